The molecule has 1 saturated heterocycles. The number of hydrogen-bond donors (Lipinski definition) is 1. The molecule has 1 aliphatic rings. The van der Waals surface area contributed by atoms with Crippen molar-refractivity contribution in [2.24, 2.45) is 0 Å². The average molecular weight is 432 g/mol. The van der Waals surface area contributed by atoms with Gasteiger partial charge in [0.25, 0.3) is 0 Å². The number of aryl methyl sites for hydroxylation is 1. The number of hydrogen-bond acceptors (Lipinski definition) is 5. The van der Waals surface area contributed by atoms with E-state index in [1.807, 2.05) is 41.6 Å². The van der Waals surface area contributed by atoms with E-state index in [1.165, 1.54) is 5.56 Å². The Labute approximate surface area is 177 Å². The quantitative estimate of drug-likeness (QED) is 0.726. The van der Waals surface area contributed by atoms with E-state index in [1.54, 1.807) is 11.3 Å². The summed E-state index contributed by atoms with van der Waals surface area (Å²) in [5, 5.41) is 6.04. The summed E-state index contributed by atoms with van der Waals surface area (Å²) < 4.78 is 5.76. The van der Waals surface area contributed by atoms with E-state index in [-0.39, 0.29) is 30.7 Å². The lowest BCUT2D eigenvalue weighted by atomic mass is 10.2. The van der Waals surface area contributed by atoms with Gasteiger partial charge in [0.05, 0.1) is 12.1 Å². The van der Waals surface area contributed by atoms with Crippen LogP contribution in [0.1, 0.15) is 29.1 Å². The molecule has 1 atom stereocenters. The van der Waals surface area contributed by atoms with Crippen LogP contribution in [0, 0.1) is 6.92 Å². The van der Waals surface area contributed by atoms with Crippen molar-refractivity contribution in [3.63, 3.8) is 0 Å². The average Bonchev–Trinajstić information content (AvgIpc) is 3.24. The van der Waals surface area contributed by atoms with Gasteiger partial charge in [-0.25, -0.2) is 4.98 Å². The van der Waals surface area contributed by atoms with Crippen LogP contribution >= 0.6 is 36.2 Å². The van der Waals surface area contributed by atoms with E-state index in [0.717, 1.165) is 42.4 Å². The predicted octanol–water partition coefficient (Wildman–Crippen LogP) is 3.63. The molecule has 3 rings (SSSR count). The Morgan fingerprint density at radius 3 is 2.78 bits per heavy atom. The topological polar surface area (TPSA) is 54.5 Å². The van der Waals surface area contributed by atoms with Crippen LogP contribution < -0.4 is 10.1 Å². The Hall–Kier alpha value is -1.34. The van der Waals surface area contributed by atoms with Crippen LogP contribution in [-0.2, 0) is 17.8 Å². The van der Waals surface area contributed by atoms with Gasteiger partial charge in [-0.2, -0.15) is 0 Å². The van der Waals surface area contributed by atoms with E-state index in [0.29, 0.717) is 19.1 Å². The van der Waals surface area contributed by atoms with Gasteiger partial charge in [0.15, 0.2) is 0 Å². The van der Waals surface area contributed by atoms with Crippen molar-refractivity contribution in [3.8, 4) is 5.75 Å². The zero-order chi connectivity index (χ0) is 17.6. The molecule has 2 heterocycles. The molecule has 1 unspecified atom stereocenters. The standard InChI is InChI=1S/C19H25N3O2S.2ClH/c1-14-5-7-17(8-6-14)24-12-18-21-15(13-25-18)10-19(23)22-9-3-4-16(22)11-20-2;;/h5-8,13,16,20H,3-4,9-12H2,1-2H3;2*1H. The fourth-order valence-electron chi connectivity index (χ4n) is 3.14. The summed E-state index contributed by atoms with van der Waals surface area (Å²) in [7, 11) is 1.93. The minimum absolute atomic E-state index is 0. The van der Waals surface area contributed by atoms with E-state index in [9.17, 15) is 4.79 Å². The first-order valence-corrected chi connectivity index (χ1v) is 9.60. The Morgan fingerprint density at radius 2 is 2.07 bits per heavy atom. The molecular formula is C19H27Cl2N3O2S. The molecule has 1 aromatic carbocycles. The number of amides is 1. The van der Waals surface area contributed by atoms with Crippen molar-refractivity contribution >= 4 is 42.1 Å². The Balaban J connectivity index is 0.00000182. The number of halogens is 2. The summed E-state index contributed by atoms with van der Waals surface area (Å²) in [5.74, 6) is 1.01. The van der Waals surface area contributed by atoms with Crippen molar-refractivity contribution in [1.82, 2.24) is 15.2 Å². The molecule has 1 amide bonds. The highest BCUT2D eigenvalue weighted by Crippen LogP contribution is 2.20. The summed E-state index contributed by atoms with van der Waals surface area (Å²) in [6.45, 7) is 4.21. The van der Waals surface area contributed by atoms with E-state index >= 15 is 0 Å². The third-order valence-corrected chi connectivity index (χ3v) is 5.32. The maximum absolute atomic E-state index is 12.6. The van der Waals surface area contributed by atoms with E-state index < -0.39 is 0 Å². The number of likely N-dealkylation sites (tertiary alicyclic amines) is 1. The first kappa shape index (κ1) is 23.7. The van der Waals surface area contributed by atoms with E-state index in [2.05, 4.69) is 17.2 Å². The normalized spacial score (nSPS) is 15.8. The molecule has 0 aliphatic carbocycles. The second-order valence-electron chi connectivity index (χ2n) is 6.45. The van der Waals surface area contributed by atoms with Crippen LogP contribution in [0.4, 0.5) is 0 Å². The molecule has 1 fully saturated rings. The molecule has 0 saturated carbocycles. The molecule has 1 aliphatic heterocycles. The molecule has 2 aromatic rings. The molecule has 0 bridgehead atoms. The minimum Gasteiger partial charge on any atom is -0.486 e. The maximum Gasteiger partial charge on any atom is 0.228 e. The smallest absolute Gasteiger partial charge is 0.228 e. The Bertz CT molecular complexity index is 709. The number of aromatic nitrogens is 1. The van der Waals surface area contributed by atoms with Gasteiger partial charge in [0.1, 0.15) is 17.4 Å². The molecule has 0 radical (unpaired) electrons. The van der Waals surface area contributed by atoms with Gasteiger partial charge in [0, 0.05) is 24.5 Å². The van der Waals surface area contributed by atoms with Crippen molar-refractivity contribution < 1.29 is 9.53 Å². The number of benzene rings is 1. The fraction of sp³-hybridized carbons (Fsp3) is 0.474. The van der Waals surface area contributed by atoms with Gasteiger partial charge in [-0.15, -0.1) is 36.2 Å². The molecular weight excluding hydrogens is 405 g/mol. The molecule has 8 heteroatoms. The first-order valence-electron chi connectivity index (χ1n) is 8.72. The summed E-state index contributed by atoms with van der Waals surface area (Å²) in [5.41, 5.74) is 2.05. The Morgan fingerprint density at radius 1 is 1.33 bits per heavy atom. The van der Waals surface area contributed by atoms with Crippen LogP contribution in [0.15, 0.2) is 29.6 Å². The monoisotopic (exact) mass is 431 g/mol. The lowest BCUT2D eigenvalue weighted by Crippen LogP contribution is -2.41. The van der Waals surface area contributed by atoms with Crippen LogP contribution in [0.3, 0.4) is 0 Å². The second kappa shape index (κ2) is 11.5. The highest BCUT2D eigenvalue weighted by molar-refractivity contribution is 7.09. The molecule has 1 aromatic heterocycles. The van der Waals surface area contributed by atoms with Crippen molar-refractivity contribution in [2.45, 2.75) is 38.8 Å². The largest absolute Gasteiger partial charge is 0.486 e. The third kappa shape index (κ3) is 6.64. The van der Waals surface area contributed by atoms with Gasteiger partial charge >= 0.3 is 0 Å². The number of carbonyl (C=O) groups is 1. The number of rotatable bonds is 7. The van der Waals surface area contributed by atoms with Crippen molar-refractivity contribution in [2.75, 3.05) is 20.1 Å². The fourth-order valence-corrected chi connectivity index (χ4v) is 3.85. The first-order chi connectivity index (χ1) is 12.2. The van der Waals surface area contributed by atoms with Gasteiger partial charge in [-0.3, -0.25) is 4.79 Å². The number of thiazole rings is 1. The van der Waals surface area contributed by atoms with Crippen LogP contribution in [0.2, 0.25) is 0 Å². The number of likely N-dealkylation sites (N-methyl/N-ethyl adjacent to an activating group) is 1. The molecule has 27 heavy (non-hydrogen) atoms. The highest BCUT2D eigenvalue weighted by Gasteiger charge is 2.28. The van der Waals surface area contributed by atoms with Gasteiger partial charge in [-0.1, -0.05) is 17.7 Å². The predicted molar refractivity (Wildman–Crippen MR) is 114 cm³/mol. The maximum atomic E-state index is 12.6. The lowest BCUT2D eigenvalue weighted by Gasteiger charge is -2.24. The summed E-state index contributed by atoms with van der Waals surface area (Å²) in [6, 6.07) is 8.30. The van der Waals surface area contributed by atoms with Gasteiger partial charge in [0.2, 0.25) is 5.91 Å². The van der Waals surface area contributed by atoms with E-state index in [4.69, 9.17) is 4.74 Å². The van der Waals surface area contributed by atoms with Crippen LogP contribution in [-0.4, -0.2) is 42.0 Å². The third-order valence-electron chi connectivity index (χ3n) is 4.45. The Kier molecular flexibility index (Phi) is 10.1. The summed E-state index contributed by atoms with van der Waals surface area (Å²) in [6.07, 6.45) is 2.55. The summed E-state index contributed by atoms with van der Waals surface area (Å²) in [4.78, 5) is 19.1. The lowest BCUT2D eigenvalue weighted by molar-refractivity contribution is -0.131. The van der Waals surface area contributed by atoms with Crippen molar-refractivity contribution in [1.29, 1.82) is 0 Å². The molecule has 1 N–H and O–H groups in total. The van der Waals surface area contributed by atoms with Gasteiger partial charge in [-0.05, 0) is 38.9 Å². The highest BCUT2D eigenvalue weighted by atomic mass is 35.5. The SMILES string of the molecule is CNCC1CCCN1C(=O)Cc1csc(COc2ccc(C)cc2)n1.Cl.Cl. The molecule has 150 valence electrons. The van der Waals surface area contributed by atoms with Crippen LogP contribution in [0.25, 0.3) is 0 Å². The number of nitrogens with one attached hydrogen (secondary N) is 1. The molecule has 0 spiro atoms. The minimum atomic E-state index is 0. The second-order valence-corrected chi connectivity index (χ2v) is 7.39. The zero-order valence-electron chi connectivity index (χ0n) is 15.6. The number of nitrogens with zero attached hydrogens (tertiary/aromatic N) is 2. The zero-order valence-corrected chi connectivity index (χ0v) is 18.1. The molecule has 5 nitrogen and oxygen atoms in total. The number of ether oxygens (including phenoxy) is 1. The summed E-state index contributed by atoms with van der Waals surface area (Å²) >= 11 is 1.55. The number of carbonyl (C=O) groups excluding carboxylic acids is 1. The van der Waals surface area contributed by atoms with Crippen LogP contribution in [0.5, 0.6) is 5.75 Å². The van der Waals surface area contributed by atoms with Crippen molar-refractivity contribution in [3.05, 3.63) is 45.9 Å². The van der Waals surface area contributed by atoms with Gasteiger partial charge < -0.3 is 15.0 Å².